The van der Waals surface area contributed by atoms with Gasteiger partial charge in [-0.15, -0.1) is 0 Å². The third kappa shape index (κ3) is 3.11. The van der Waals surface area contributed by atoms with E-state index in [1.54, 1.807) is 12.3 Å². The van der Waals surface area contributed by atoms with Crippen LogP contribution in [0.1, 0.15) is 21.6 Å². The number of halogens is 1. The molecule has 3 aromatic rings. The molecular formula is C17H13FN2O3. The minimum atomic E-state index is -0.600. The van der Waals surface area contributed by atoms with Crippen molar-refractivity contribution in [1.29, 1.82) is 0 Å². The standard InChI is InChI=1S/C17H13FN2O3/c1-11-3-2-8-20-15(21)9-14(19-16(11)20)10-23-17(22)12-4-6-13(18)7-5-12/h2-9H,10H2,1H3. The number of carbonyl (C=O) groups is 1. The number of hydrogen-bond acceptors (Lipinski definition) is 4. The van der Waals surface area contributed by atoms with Gasteiger partial charge in [-0.3, -0.25) is 9.20 Å². The number of carbonyl (C=O) groups excluding carboxylic acids is 1. The Morgan fingerprint density at radius 2 is 2.00 bits per heavy atom. The van der Waals surface area contributed by atoms with E-state index in [1.165, 1.54) is 34.7 Å². The molecule has 0 aliphatic rings. The maximum atomic E-state index is 12.8. The SMILES string of the molecule is Cc1cccn2c(=O)cc(COC(=O)c3ccc(F)cc3)nc12. The van der Waals surface area contributed by atoms with Gasteiger partial charge in [-0.2, -0.15) is 0 Å². The van der Waals surface area contributed by atoms with Crippen molar-refractivity contribution in [3.8, 4) is 0 Å². The number of pyridine rings is 1. The summed E-state index contributed by atoms with van der Waals surface area (Å²) in [5.41, 5.74) is 1.72. The van der Waals surface area contributed by atoms with Gasteiger partial charge < -0.3 is 4.74 Å². The van der Waals surface area contributed by atoms with E-state index in [0.29, 0.717) is 11.3 Å². The maximum Gasteiger partial charge on any atom is 0.338 e. The Balaban J connectivity index is 1.82. The molecule has 0 aliphatic heterocycles. The van der Waals surface area contributed by atoms with E-state index in [1.807, 2.05) is 13.0 Å². The van der Waals surface area contributed by atoms with Crippen molar-refractivity contribution in [2.75, 3.05) is 0 Å². The summed E-state index contributed by atoms with van der Waals surface area (Å²) >= 11 is 0. The van der Waals surface area contributed by atoms with E-state index in [-0.39, 0.29) is 17.7 Å². The van der Waals surface area contributed by atoms with Crippen LogP contribution in [0, 0.1) is 12.7 Å². The summed E-state index contributed by atoms with van der Waals surface area (Å²) in [6, 6.07) is 9.97. The second-order valence-electron chi connectivity index (χ2n) is 5.05. The largest absolute Gasteiger partial charge is 0.456 e. The number of esters is 1. The van der Waals surface area contributed by atoms with Gasteiger partial charge in [0.25, 0.3) is 5.56 Å². The molecule has 0 fully saturated rings. The summed E-state index contributed by atoms with van der Waals surface area (Å²) in [5.74, 6) is -1.03. The van der Waals surface area contributed by atoms with Gasteiger partial charge >= 0.3 is 5.97 Å². The fourth-order valence-electron chi connectivity index (χ4n) is 2.19. The highest BCUT2D eigenvalue weighted by Gasteiger charge is 2.10. The van der Waals surface area contributed by atoms with Crippen LogP contribution in [0.3, 0.4) is 0 Å². The molecule has 0 saturated heterocycles. The molecule has 6 heteroatoms. The lowest BCUT2D eigenvalue weighted by molar-refractivity contribution is 0.0467. The van der Waals surface area contributed by atoms with Gasteiger partial charge in [-0.25, -0.2) is 14.2 Å². The molecule has 0 bridgehead atoms. The zero-order chi connectivity index (χ0) is 16.4. The number of benzene rings is 1. The highest BCUT2D eigenvalue weighted by atomic mass is 19.1. The minimum absolute atomic E-state index is 0.129. The van der Waals surface area contributed by atoms with Gasteiger partial charge in [-0.05, 0) is 42.8 Å². The predicted molar refractivity (Wildman–Crippen MR) is 81.7 cm³/mol. The van der Waals surface area contributed by atoms with Crippen molar-refractivity contribution in [3.05, 3.63) is 81.7 Å². The van der Waals surface area contributed by atoms with Crippen LogP contribution in [-0.2, 0) is 11.3 Å². The fourth-order valence-corrected chi connectivity index (χ4v) is 2.19. The highest BCUT2D eigenvalue weighted by Crippen LogP contribution is 2.08. The van der Waals surface area contributed by atoms with Crippen molar-refractivity contribution < 1.29 is 13.9 Å². The lowest BCUT2D eigenvalue weighted by Crippen LogP contribution is -2.17. The van der Waals surface area contributed by atoms with Gasteiger partial charge in [-0.1, -0.05) is 6.07 Å². The summed E-state index contributed by atoms with van der Waals surface area (Å²) in [6.07, 6.45) is 1.63. The Kier molecular flexibility index (Phi) is 3.89. The predicted octanol–water partition coefficient (Wildman–Crippen LogP) is 2.50. The van der Waals surface area contributed by atoms with Crippen molar-refractivity contribution in [1.82, 2.24) is 9.38 Å². The molecule has 0 spiro atoms. The molecule has 2 aromatic heterocycles. The van der Waals surface area contributed by atoms with E-state index >= 15 is 0 Å². The normalized spacial score (nSPS) is 10.7. The van der Waals surface area contributed by atoms with Crippen LogP contribution in [0.5, 0.6) is 0 Å². The molecule has 23 heavy (non-hydrogen) atoms. The lowest BCUT2D eigenvalue weighted by Gasteiger charge is -2.07. The number of hydrogen-bond donors (Lipinski definition) is 0. The first-order valence-electron chi connectivity index (χ1n) is 6.95. The number of aryl methyl sites for hydroxylation is 1. The quantitative estimate of drug-likeness (QED) is 0.697. The second-order valence-corrected chi connectivity index (χ2v) is 5.05. The van der Waals surface area contributed by atoms with Crippen LogP contribution in [0.15, 0.2) is 53.5 Å². The van der Waals surface area contributed by atoms with Crippen LogP contribution in [0.25, 0.3) is 5.65 Å². The third-order valence-electron chi connectivity index (χ3n) is 3.37. The lowest BCUT2D eigenvalue weighted by atomic mass is 10.2. The van der Waals surface area contributed by atoms with E-state index in [2.05, 4.69) is 4.98 Å². The fraction of sp³-hybridized carbons (Fsp3) is 0.118. The zero-order valence-corrected chi connectivity index (χ0v) is 12.3. The Bertz CT molecular complexity index is 933. The first-order chi connectivity index (χ1) is 11.0. The minimum Gasteiger partial charge on any atom is -0.456 e. The van der Waals surface area contributed by atoms with Gasteiger partial charge in [0.15, 0.2) is 0 Å². The summed E-state index contributed by atoms with van der Waals surface area (Å²) in [6.45, 7) is 1.71. The molecule has 0 unspecified atom stereocenters. The molecule has 5 nitrogen and oxygen atoms in total. The average molecular weight is 312 g/mol. The van der Waals surface area contributed by atoms with Gasteiger partial charge in [0, 0.05) is 12.3 Å². The number of nitrogens with zero attached hydrogens (tertiary/aromatic N) is 2. The van der Waals surface area contributed by atoms with Crippen molar-refractivity contribution >= 4 is 11.6 Å². The molecule has 2 heterocycles. The molecule has 116 valence electrons. The summed E-state index contributed by atoms with van der Waals surface area (Å²) in [5, 5.41) is 0. The smallest absolute Gasteiger partial charge is 0.338 e. The monoisotopic (exact) mass is 312 g/mol. The van der Waals surface area contributed by atoms with Gasteiger partial charge in [0.1, 0.15) is 18.1 Å². The molecule has 0 saturated carbocycles. The number of aromatic nitrogens is 2. The Hall–Kier alpha value is -3.02. The van der Waals surface area contributed by atoms with Crippen LogP contribution in [-0.4, -0.2) is 15.4 Å². The first-order valence-corrected chi connectivity index (χ1v) is 6.95. The summed E-state index contributed by atoms with van der Waals surface area (Å²) in [4.78, 5) is 28.3. The van der Waals surface area contributed by atoms with E-state index < -0.39 is 11.8 Å². The van der Waals surface area contributed by atoms with E-state index in [4.69, 9.17) is 4.74 Å². The summed E-state index contributed by atoms with van der Waals surface area (Å²) < 4.78 is 19.4. The van der Waals surface area contributed by atoms with Crippen LogP contribution in [0.2, 0.25) is 0 Å². The Morgan fingerprint density at radius 3 is 2.74 bits per heavy atom. The Morgan fingerprint density at radius 1 is 1.26 bits per heavy atom. The molecule has 0 atom stereocenters. The van der Waals surface area contributed by atoms with Crippen molar-refractivity contribution in [3.63, 3.8) is 0 Å². The van der Waals surface area contributed by atoms with Gasteiger partial charge in [0.05, 0.1) is 11.3 Å². The Labute approximate surface area is 131 Å². The molecule has 3 rings (SSSR count). The van der Waals surface area contributed by atoms with Crippen molar-refractivity contribution in [2.24, 2.45) is 0 Å². The number of rotatable bonds is 3. The van der Waals surface area contributed by atoms with Crippen LogP contribution >= 0.6 is 0 Å². The van der Waals surface area contributed by atoms with E-state index in [9.17, 15) is 14.0 Å². The molecule has 0 amide bonds. The molecule has 0 radical (unpaired) electrons. The van der Waals surface area contributed by atoms with Crippen LogP contribution in [0.4, 0.5) is 4.39 Å². The third-order valence-corrected chi connectivity index (χ3v) is 3.37. The maximum absolute atomic E-state index is 12.8. The molecule has 1 aromatic carbocycles. The zero-order valence-electron chi connectivity index (χ0n) is 12.3. The topological polar surface area (TPSA) is 60.7 Å². The highest BCUT2D eigenvalue weighted by molar-refractivity contribution is 5.89. The van der Waals surface area contributed by atoms with Gasteiger partial charge in [0.2, 0.25) is 0 Å². The number of ether oxygens (including phenoxy) is 1. The van der Waals surface area contributed by atoms with Crippen molar-refractivity contribution in [2.45, 2.75) is 13.5 Å². The molecule has 0 aliphatic carbocycles. The van der Waals surface area contributed by atoms with E-state index in [0.717, 1.165) is 5.56 Å². The summed E-state index contributed by atoms with van der Waals surface area (Å²) in [7, 11) is 0. The van der Waals surface area contributed by atoms with Crippen LogP contribution < -0.4 is 5.56 Å². The second kappa shape index (κ2) is 6.00. The number of fused-ring (bicyclic) bond motifs is 1. The average Bonchev–Trinajstić information content (AvgIpc) is 2.54. The molecule has 0 N–H and O–H groups in total. The molecular weight excluding hydrogens is 299 g/mol. The first kappa shape index (κ1) is 14.9.